The molecule has 1 aromatic rings. The van der Waals surface area contributed by atoms with E-state index in [9.17, 15) is 5.26 Å². The number of nitriles is 1. The Morgan fingerprint density at radius 2 is 2.44 bits per heavy atom. The first-order valence-corrected chi connectivity index (χ1v) is 7.72. The summed E-state index contributed by atoms with van der Waals surface area (Å²) in [6, 6.07) is 6.76. The van der Waals surface area contributed by atoms with Crippen LogP contribution < -0.4 is 5.32 Å². The minimum Gasteiger partial charge on any atom is -0.294 e. The summed E-state index contributed by atoms with van der Waals surface area (Å²) >= 11 is 1.76. The molecule has 1 aliphatic rings. The zero-order valence-corrected chi connectivity index (χ0v) is 12.1. The smallest absolute Gasteiger partial charge is 0.107 e. The van der Waals surface area contributed by atoms with Crippen LogP contribution in [0.25, 0.3) is 0 Å². The molecule has 2 nitrogen and oxygen atoms in total. The van der Waals surface area contributed by atoms with Crippen molar-refractivity contribution >= 4 is 11.3 Å². The lowest BCUT2D eigenvalue weighted by Crippen LogP contribution is -2.47. The minimum absolute atomic E-state index is 0.294. The van der Waals surface area contributed by atoms with E-state index >= 15 is 0 Å². The molecule has 3 heteroatoms. The molecule has 98 valence electrons. The molecule has 0 saturated heterocycles. The monoisotopic (exact) mass is 262 g/mol. The van der Waals surface area contributed by atoms with Crippen LogP contribution in [0.2, 0.25) is 0 Å². The number of rotatable bonds is 4. The molecule has 0 spiro atoms. The van der Waals surface area contributed by atoms with Gasteiger partial charge in [0.2, 0.25) is 0 Å². The van der Waals surface area contributed by atoms with E-state index in [-0.39, 0.29) is 5.54 Å². The maximum absolute atomic E-state index is 9.56. The number of nitrogens with zero attached hydrogens (tertiary/aromatic N) is 1. The molecule has 1 fully saturated rings. The van der Waals surface area contributed by atoms with Crippen LogP contribution in [-0.2, 0) is 6.54 Å². The van der Waals surface area contributed by atoms with Crippen LogP contribution in [0.4, 0.5) is 0 Å². The Hall–Kier alpha value is -0.850. The van der Waals surface area contributed by atoms with Crippen LogP contribution in [0.1, 0.15) is 44.4 Å². The number of thiophene rings is 1. The number of hydrogen-bond donors (Lipinski definition) is 1. The van der Waals surface area contributed by atoms with Crippen LogP contribution in [0.5, 0.6) is 0 Å². The van der Waals surface area contributed by atoms with Gasteiger partial charge in [0.1, 0.15) is 5.54 Å². The van der Waals surface area contributed by atoms with E-state index in [2.05, 4.69) is 42.7 Å². The van der Waals surface area contributed by atoms with E-state index in [1.807, 2.05) is 0 Å². The van der Waals surface area contributed by atoms with Crippen molar-refractivity contribution in [3.05, 3.63) is 22.4 Å². The maximum Gasteiger partial charge on any atom is 0.107 e. The Labute approximate surface area is 114 Å². The number of nitrogens with one attached hydrogen (secondary N) is 1. The van der Waals surface area contributed by atoms with Crippen molar-refractivity contribution in [2.24, 2.45) is 11.8 Å². The van der Waals surface area contributed by atoms with Crippen molar-refractivity contribution < 1.29 is 0 Å². The molecule has 18 heavy (non-hydrogen) atoms. The molecule has 2 unspecified atom stereocenters. The van der Waals surface area contributed by atoms with Gasteiger partial charge in [-0.3, -0.25) is 5.32 Å². The van der Waals surface area contributed by atoms with E-state index in [1.54, 1.807) is 11.3 Å². The summed E-state index contributed by atoms with van der Waals surface area (Å²) in [4.78, 5) is 1.32. The predicted octanol–water partition coefficient (Wildman–Crippen LogP) is 3.95. The maximum atomic E-state index is 9.56. The van der Waals surface area contributed by atoms with Crippen LogP contribution in [0.3, 0.4) is 0 Å². The van der Waals surface area contributed by atoms with Gasteiger partial charge >= 0.3 is 0 Å². The van der Waals surface area contributed by atoms with Gasteiger partial charge in [0.05, 0.1) is 6.07 Å². The Bertz CT molecular complexity index is 405. The molecule has 1 aliphatic carbocycles. The third kappa shape index (κ3) is 3.13. The molecule has 0 aromatic carbocycles. The molecular weight excluding hydrogens is 240 g/mol. The van der Waals surface area contributed by atoms with E-state index in [0.29, 0.717) is 11.8 Å². The van der Waals surface area contributed by atoms with E-state index in [4.69, 9.17) is 0 Å². The second-order valence-electron chi connectivity index (χ2n) is 5.73. The summed E-state index contributed by atoms with van der Waals surface area (Å²) < 4.78 is 0. The van der Waals surface area contributed by atoms with Crippen molar-refractivity contribution in [1.29, 1.82) is 5.26 Å². The van der Waals surface area contributed by atoms with E-state index in [1.165, 1.54) is 17.7 Å². The summed E-state index contributed by atoms with van der Waals surface area (Å²) in [6.45, 7) is 5.38. The van der Waals surface area contributed by atoms with Gasteiger partial charge in [0, 0.05) is 11.4 Å². The lowest BCUT2D eigenvalue weighted by atomic mass is 9.72. The average Bonchev–Trinajstić information content (AvgIpc) is 2.90. The van der Waals surface area contributed by atoms with Gasteiger partial charge in [0.15, 0.2) is 0 Å². The Balaban J connectivity index is 1.99. The highest BCUT2D eigenvalue weighted by Crippen LogP contribution is 2.36. The van der Waals surface area contributed by atoms with Gasteiger partial charge in [-0.1, -0.05) is 26.3 Å². The van der Waals surface area contributed by atoms with Gasteiger partial charge in [-0.2, -0.15) is 5.26 Å². The highest BCUT2D eigenvalue weighted by atomic mass is 32.1. The van der Waals surface area contributed by atoms with Crippen molar-refractivity contribution in [2.75, 3.05) is 0 Å². The zero-order chi connectivity index (χ0) is 13.0. The second kappa shape index (κ2) is 5.86. The van der Waals surface area contributed by atoms with Crippen molar-refractivity contribution in [1.82, 2.24) is 5.32 Å². The molecule has 0 radical (unpaired) electrons. The standard InChI is InChI=1S/C15H22N2S/c1-12(2)13-5-3-7-15(9-13,11-16)17-10-14-6-4-8-18-14/h4,6,8,12-13,17H,3,5,7,9-10H2,1-2H3. The topological polar surface area (TPSA) is 35.8 Å². The SMILES string of the molecule is CC(C)C1CCCC(C#N)(NCc2cccs2)C1. The Morgan fingerprint density at radius 3 is 3.06 bits per heavy atom. The summed E-state index contributed by atoms with van der Waals surface area (Å²) in [5.41, 5.74) is -0.294. The van der Waals surface area contributed by atoms with Gasteiger partial charge in [-0.15, -0.1) is 11.3 Å². The summed E-state index contributed by atoms with van der Waals surface area (Å²) in [7, 11) is 0. The highest BCUT2D eigenvalue weighted by Gasteiger charge is 2.37. The highest BCUT2D eigenvalue weighted by molar-refractivity contribution is 7.09. The van der Waals surface area contributed by atoms with E-state index < -0.39 is 0 Å². The molecule has 0 amide bonds. The van der Waals surface area contributed by atoms with Crippen LogP contribution in [-0.4, -0.2) is 5.54 Å². The minimum atomic E-state index is -0.294. The molecule has 2 rings (SSSR count). The van der Waals surface area contributed by atoms with Crippen molar-refractivity contribution in [3.63, 3.8) is 0 Å². The Morgan fingerprint density at radius 1 is 1.61 bits per heavy atom. The number of hydrogen-bond acceptors (Lipinski definition) is 3. The van der Waals surface area contributed by atoms with Crippen LogP contribution in [0, 0.1) is 23.2 Å². The molecule has 2 atom stereocenters. The molecule has 1 saturated carbocycles. The van der Waals surface area contributed by atoms with E-state index in [0.717, 1.165) is 19.4 Å². The quantitative estimate of drug-likeness (QED) is 0.892. The fourth-order valence-corrected chi connectivity index (χ4v) is 3.50. The molecule has 1 heterocycles. The summed E-state index contributed by atoms with van der Waals surface area (Å²) in [5, 5.41) is 15.2. The lowest BCUT2D eigenvalue weighted by molar-refractivity contribution is 0.188. The first-order chi connectivity index (χ1) is 8.65. The largest absolute Gasteiger partial charge is 0.294 e. The van der Waals surface area contributed by atoms with Crippen LogP contribution in [0.15, 0.2) is 17.5 Å². The van der Waals surface area contributed by atoms with Crippen molar-refractivity contribution in [2.45, 2.75) is 51.6 Å². The van der Waals surface area contributed by atoms with Gasteiger partial charge in [0.25, 0.3) is 0 Å². The third-order valence-corrected chi connectivity index (χ3v) is 5.00. The fourth-order valence-electron chi connectivity index (χ4n) is 2.86. The van der Waals surface area contributed by atoms with Gasteiger partial charge in [-0.05, 0) is 42.5 Å². The second-order valence-corrected chi connectivity index (χ2v) is 6.76. The normalized spacial score (nSPS) is 28.2. The molecule has 0 bridgehead atoms. The summed E-state index contributed by atoms with van der Waals surface area (Å²) in [6.07, 6.45) is 4.46. The summed E-state index contributed by atoms with van der Waals surface area (Å²) in [5.74, 6) is 1.37. The van der Waals surface area contributed by atoms with Gasteiger partial charge < -0.3 is 0 Å². The van der Waals surface area contributed by atoms with Crippen molar-refractivity contribution in [3.8, 4) is 6.07 Å². The molecule has 1 N–H and O–H groups in total. The van der Waals surface area contributed by atoms with Gasteiger partial charge in [-0.25, -0.2) is 0 Å². The Kier molecular flexibility index (Phi) is 4.42. The first kappa shape index (κ1) is 13.6. The molecule has 0 aliphatic heterocycles. The lowest BCUT2D eigenvalue weighted by Gasteiger charge is -2.38. The third-order valence-electron chi connectivity index (χ3n) is 4.13. The fraction of sp³-hybridized carbons (Fsp3) is 0.667. The molecular formula is C15H22N2S. The zero-order valence-electron chi connectivity index (χ0n) is 11.3. The first-order valence-electron chi connectivity index (χ1n) is 6.84. The average molecular weight is 262 g/mol. The predicted molar refractivity (Wildman–Crippen MR) is 76.3 cm³/mol. The molecule has 1 aromatic heterocycles. The van der Waals surface area contributed by atoms with Crippen LogP contribution >= 0.6 is 11.3 Å².